The molecule has 1 heterocycles. The lowest BCUT2D eigenvalue weighted by Gasteiger charge is -2.08. The normalized spacial score (nSPS) is 10.3. The van der Waals surface area contributed by atoms with Crippen LogP contribution in [0, 0.1) is 6.92 Å². The third-order valence-corrected chi connectivity index (χ3v) is 2.88. The molecule has 5 heteroatoms. The van der Waals surface area contributed by atoms with E-state index in [0.29, 0.717) is 19.8 Å². The maximum absolute atomic E-state index is 5.30. The number of ether oxygens (including phenoxy) is 1. The highest BCUT2D eigenvalue weighted by molar-refractivity contribution is 9.10. The smallest absolute Gasteiger partial charge is 0.140 e. The number of aromatic nitrogens is 1. The van der Waals surface area contributed by atoms with Gasteiger partial charge in [0.1, 0.15) is 5.82 Å². The van der Waals surface area contributed by atoms with Gasteiger partial charge in [-0.3, -0.25) is 0 Å². The molecule has 1 aromatic heterocycles. The van der Waals surface area contributed by atoms with Gasteiger partial charge in [0.15, 0.2) is 0 Å². The minimum atomic E-state index is 0.562. The first-order valence-electron chi connectivity index (χ1n) is 4.88. The lowest BCUT2D eigenvalue weighted by atomic mass is 10.3. The topological polar surface area (TPSA) is 60.2 Å². The van der Waals surface area contributed by atoms with E-state index in [1.54, 1.807) is 6.20 Å². The van der Waals surface area contributed by atoms with Crippen molar-refractivity contribution in [2.45, 2.75) is 6.92 Å². The molecule has 1 aromatic rings. The van der Waals surface area contributed by atoms with Gasteiger partial charge in [0.2, 0.25) is 0 Å². The second-order valence-corrected chi connectivity index (χ2v) is 3.91. The molecule has 0 atom stereocenters. The van der Waals surface area contributed by atoms with Gasteiger partial charge in [0, 0.05) is 19.3 Å². The number of pyridine rings is 1. The highest BCUT2D eigenvalue weighted by atomic mass is 79.9. The molecule has 4 nitrogen and oxygen atoms in total. The van der Waals surface area contributed by atoms with E-state index in [4.69, 9.17) is 10.5 Å². The number of nitrogens with two attached hydrogens (primary N) is 1. The van der Waals surface area contributed by atoms with Crippen molar-refractivity contribution in [1.82, 2.24) is 4.98 Å². The molecule has 3 N–H and O–H groups in total. The van der Waals surface area contributed by atoms with E-state index < -0.39 is 0 Å². The maximum Gasteiger partial charge on any atom is 0.140 e. The zero-order chi connectivity index (χ0) is 11.1. The molecule has 0 aliphatic rings. The summed E-state index contributed by atoms with van der Waals surface area (Å²) in [6.07, 6.45) is 1.78. The summed E-state index contributed by atoms with van der Waals surface area (Å²) in [5, 5.41) is 3.19. The van der Waals surface area contributed by atoms with E-state index in [1.807, 2.05) is 13.0 Å². The second kappa shape index (κ2) is 6.76. The van der Waals surface area contributed by atoms with Crippen LogP contribution in [0.3, 0.4) is 0 Å². The number of nitrogens with one attached hydrogen (secondary N) is 1. The number of rotatable bonds is 6. The number of nitrogens with zero attached hydrogens (tertiary/aromatic N) is 1. The van der Waals surface area contributed by atoms with Crippen molar-refractivity contribution in [3.05, 3.63) is 22.3 Å². The Morgan fingerprint density at radius 3 is 3.07 bits per heavy atom. The van der Waals surface area contributed by atoms with Crippen LogP contribution in [-0.4, -0.2) is 31.3 Å². The molecule has 0 aliphatic carbocycles. The Morgan fingerprint density at radius 1 is 1.53 bits per heavy atom. The molecule has 0 aromatic carbocycles. The Bertz CT molecular complexity index is 307. The number of anilines is 1. The Morgan fingerprint density at radius 2 is 2.33 bits per heavy atom. The summed E-state index contributed by atoms with van der Waals surface area (Å²) in [5.41, 5.74) is 6.46. The van der Waals surface area contributed by atoms with Crippen LogP contribution in [0.15, 0.2) is 16.7 Å². The van der Waals surface area contributed by atoms with Crippen molar-refractivity contribution in [2.24, 2.45) is 5.73 Å². The molecular formula is C10H16BrN3O. The largest absolute Gasteiger partial charge is 0.378 e. The summed E-state index contributed by atoms with van der Waals surface area (Å²) in [6.45, 7) is 4.56. The first-order chi connectivity index (χ1) is 7.25. The fourth-order valence-corrected chi connectivity index (χ4v) is 1.47. The van der Waals surface area contributed by atoms with Crippen molar-refractivity contribution < 1.29 is 4.74 Å². The van der Waals surface area contributed by atoms with Gasteiger partial charge in [-0.05, 0) is 34.5 Å². The van der Waals surface area contributed by atoms with Crippen molar-refractivity contribution in [1.29, 1.82) is 0 Å². The van der Waals surface area contributed by atoms with Crippen molar-refractivity contribution in [3.8, 4) is 0 Å². The van der Waals surface area contributed by atoms with Crippen LogP contribution in [0.4, 0.5) is 5.82 Å². The molecule has 0 radical (unpaired) electrons. The number of halogens is 1. The lowest BCUT2D eigenvalue weighted by molar-refractivity contribution is 0.151. The predicted molar refractivity (Wildman–Crippen MR) is 65.0 cm³/mol. The standard InChI is InChI=1S/C10H16BrN3O/c1-8-2-4-13-10(9(8)11)14-5-7-15-6-3-12/h2,4H,3,5-7,12H2,1H3,(H,13,14). The summed E-state index contributed by atoms with van der Waals surface area (Å²) in [6, 6.07) is 1.96. The van der Waals surface area contributed by atoms with Crippen LogP contribution in [0.1, 0.15) is 5.56 Å². The average molecular weight is 274 g/mol. The van der Waals surface area contributed by atoms with E-state index in [2.05, 4.69) is 26.2 Å². The van der Waals surface area contributed by atoms with Gasteiger partial charge in [-0.25, -0.2) is 4.98 Å². The molecule has 0 spiro atoms. The van der Waals surface area contributed by atoms with Crippen LogP contribution in [0.25, 0.3) is 0 Å². The Balaban J connectivity index is 2.34. The van der Waals surface area contributed by atoms with Crippen molar-refractivity contribution in [3.63, 3.8) is 0 Å². The summed E-state index contributed by atoms with van der Waals surface area (Å²) in [5.74, 6) is 0.853. The molecule has 0 bridgehead atoms. The molecule has 1 rings (SSSR count). The highest BCUT2D eigenvalue weighted by Crippen LogP contribution is 2.22. The van der Waals surface area contributed by atoms with Gasteiger partial charge in [-0.2, -0.15) is 0 Å². The Labute approximate surface area is 98.3 Å². The Hall–Kier alpha value is -0.650. The zero-order valence-electron chi connectivity index (χ0n) is 8.79. The van der Waals surface area contributed by atoms with Crippen molar-refractivity contribution in [2.75, 3.05) is 31.6 Å². The van der Waals surface area contributed by atoms with Gasteiger partial charge in [0.05, 0.1) is 17.7 Å². The SMILES string of the molecule is Cc1ccnc(NCCOCCN)c1Br. The van der Waals surface area contributed by atoms with Gasteiger partial charge in [-0.15, -0.1) is 0 Å². The Kier molecular flexibility index (Phi) is 5.60. The van der Waals surface area contributed by atoms with Gasteiger partial charge in [-0.1, -0.05) is 0 Å². The fraction of sp³-hybridized carbons (Fsp3) is 0.500. The first-order valence-corrected chi connectivity index (χ1v) is 5.67. The maximum atomic E-state index is 5.30. The van der Waals surface area contributed by atoms with E-state index in [-0.39, 0.29) is 0 Å². The molecule has 0 fully saturated rings. The third-order valence-electron chi connectivity index (χ3n) is 1.88. The molecule has 0 aliphatic heterocycles. The first kappa shape index (κ1) is 12.4. The second-order valence-electron chi connectivity index (χ2n) is 3.12. The zero-order valence-corrected chi connectivity index (χ0v) is 10.4. The average Bonchev–Trinajstić information content (AvgIpc) is 2.24. The van der Waals surface area contributed by atoms with Gasteiger partial charge >= 0.3 is 0 Å². The fourth-order valence-electron chi connectivity index (χ4n) is 1.09. The van der Waals surface area contributed by atoms with E-state index in [0.717, 1.165) is 22.4 Å². The molecule has 0 unspecified atom stereocenters. The van der Waals surface area contributed by atoms with E-state index >= 15 is 0 Å². The third kappa shape index (κ3) is 4.15. The molecule has 0 amide bonds. The van der Waals surface area contributed by atoms with E-state index in [9.17, 15) is 0 Å². The minimum absolute atomic E-state index is 0.562. The molecule has 0 saturated carbocycles. The van der Waals surface area contributed by atoms with Crippen LogP contribution < -0.4 is 11.1 Å². The van der Waals surface area contributed by atoms with Crippen molar-refractivity contribution >= 4 is 21.7 Å². The van der Waals surface area contributed by atoms with E-state index in [1.165, 1.54) is 0 Å². The van der Waals surface area contributed by atoms with Gasteiger partial charge in [0.25, 0.3) is 0 Å². The molecule has 0 saturated heterocycles. The molecule has 15 heavy (non-hydrogen) atoms. The van der Waals surface area contributed by atoms with Crippen LogP contribution >= 0.6 is 15.9 Å². The number of hydrogen-bond acceptors (Lipinski definition) is 4. The summed E-state index contributed by atoms with van der Waals surface area (Å²) in [4.78, 5) is 4.22. The summed E-state index contributed by atoms with van der Waals surface area (Å²) < 4.78 is 6.25. The monoisotopic (exact) mass is 273 g/mol. The predicted octanol–water partition coefficient (Wildman–Crippen LogP) is 1.54. The van der Waals surface area contributed by atoms with Crippen LogP contribution in [0.5, 0.6) is 0 Å². The quantitative estimate of drug-likeness (QED) is 0.772. The molecule has 84 valence electrons. The summed E-state index contributed by atoms with van der Waals surface area (Å²) in [7, 11) is 0. The summed E-state index contributed by atoms with van der Waals surface area (Å²) >= 11 is 3.48. The number of aryl methyl sites for hydroxylation is 1. The lowest BCUT2D eigenvalue weighted by Crippen LogP contribution is -2.15. The molecular weight excluding hydrogens is 258 g/mol. The number of hydrogen-bond donors (Lipinski definition) is 2. The van der Waals surface area contributed by atoms with Crippen LogP contribution in [-0.2, 0) is 4.74 Å². The highest BCUT2D eigenvalue weighted by Gasteiger charge is 2.02. The van der Waals surface area contributed by atoms with Gasteiger partial charge < -0.3 is 15.8 Å². The minimum Gasteiger partial charge on any atom is -0.378 e. The van der Waals surface area contributed by atoms with Crippen LogP contribution in [0.2, 0.25) is 0 Å².